The van der Waals surface area contributed by atoms with Crippen molar-refractivity contribution in [1.82, 2.24) is 14.5 Å². The van der Waals surface area contributed by atoms with E-state index < -0.39 is 0 Å². The smallest absolute Gasteiger partial charge is 0.131 e. The Morgan fingerprint density at radius 2 is 2.00 bits per heavy atom. The standard InChI is InChI=1S/C16H18N4/c1-10(2)20-11(3)19-15(16(20)17)13-6-7-14-12(9-13)5-4-8-18-14/h4-10H,17H2,1-3H3. The van der Waals surface area contributed by atoms with Crippen LogP contribution in [0.2, 0.25) is 0 Å². The fourth-order valence-corrected chi connectivity index (χ4v) is 2.65. The van der Waals surface area contributed by atoms with Gasteiger partial charge in [0.15, 0.2) is 0 Å². The summed E-state index contributed by atoms with van der Waals surface area (Å²) in [6.45, 7) is 6.21. The Morgan fingerprint density at radius 1 is 1.20 bits per heavy atom. The monoisotopic (exact) mass is 266 g/mol. The van der Waals surface area contributed by atoms with Crippen LogP contribution in [0.25, 0.3) is 22.2 Å². The fourth-order valence-electron chi connectivity index (χ4n) is 2.65. The van der Waals surface area contributed by atoms with Gasteiger partial charge in [-0.3, -0.25) is 4.98 Å². The maximum Gasteiger partial charge on any atom is 0.131 e. The normalized spacial score (nSPS) is 11.4. The number of nitrogen functional groups attached to an aromatic ring is 1. The lowest BCUT2D eigenvalue weighted by Crippen LogP contribution is -2.07. The molecule has 0 saturated carbocycles. The summed E-state index contributed by atoms with van der Waals surface area (Å²) in [5.74, 6) is 1.67. The van der Waals surface area contributed by atoms with Crippen LogP contribution in [0, 0.1) is 6.92 Å². The molecule has 0 radical (unpaired) electrons. The zero-order valence-electron chi connectivity index (χ0n) is 12.0. The molecule has 1 aromatic carbocycles. The van der Waals surface area contributed by atoms with E-state index in [1.165, 1.54) is 0 Å². The van der Waals surface area contributed by atoms with E-state index in [4.69, 9.17) is 5.73 Å². The molecule has 0 aliphatic heterocycles. The number of nitrogens with two attached hydrogens (primary N) is 1. The molecule has 3 rings (SSSR count). The molecule has 20 heavy (non-hydrogen) atoms. The lowest BCUT2D eigenvalue weighted by molar-refractivity contribution is 0.590. The minimum absolute atomic E-state index is 0.304. The Morgan fingerprint density at radius 3 is 2.70 bits per heavy atom. The first kappa shape index (κ1) is 12.7. The summed E-state index contributed by atoms with van der Waals surface area (Å²) in [5, 5.41) is 1.10. The molecule has 0 atom stereocenters. The molecular weight excluding hydrogens is 248 g/mol. The average Bonchev–Trinajstić information content (AvgIpc) is 2.73. The highest BCUT2D eigenvalue weighted by Gasteiger charge is 2.15. The van der Waals surface area contributed by atoms with Gasteiger partial charge < -0.3 is 10.3 Å². The van der Waals surface area contributed by atoms with E-state index in [9.17, 15) is 0 Å². The summed E-state index contributed by atoms with van der Waals surface area (Å²) in [4.78, 5) is 8.96. The second kappa shape index (κ2) is 4.63. The van der Waals surface area contributed by atoms with Crippen LogP contribution in [-0.2, 0) is 0 Å². The largest absolute Gasteiger partial charge is 0.383 e. The highest BCUT2D eigenvalue weighted by molar-refractivity contribution is 5.85. The van der Waals surface area contributed by atoms with Gasteiger partial charge in [-0.05, 0) is 39.0 Å². The third-order valence-corrected chi connectivity index (χ3v) is 3.52. The minimum atomic E-state index is 0.304. The molecule has 4 heteroatoms. The predicted octanol–water partition coefficient (Wildman–Crippen LogP) is 3.57. The van der Waals surface area contributed by atoms with Crippen LogP contribution in [0.3, 0.4) is 0 Å². The van der Waals surface area contributed by atoms with Crippen molar-refractivity contribution in [2.75, 3.05) is 5.73 Å². The van der Waals surface area contributed by atoms with E-state index >= 15 is 0 Å². The van der Waals surface area contributed by atoms with E-state index in [1.807, 2.05) is 31.2 Å². The van der Waals surface area contributed by atoms with Gasteiger partial charge in [-0.1, -0.05) is 12.1 Å². The number of hydrogen-bond acceptors (Lipinski definition) is 3. The molecule has 102 valence electrons. The molecule has 4 nitrogen and oxygen atoms in total. The first-order valence-corrected chi connectivity index (χ1v) is 6.77. The molecule has 0 spiro atoms. The van der Waals surface area contributed by atoms with Crippen molar-refractivity contribution in [3.05, 3.63) is 42.4 Å². The van der Waals surface area contributed by atoms with Crippen molar-refractivity contribution in [1.29, 1.82) is 0 Å². The molecule has 0 bridgehead atoms. The van der Waals surface area contributed by atoms with Gasteiger partial charge in [0.05, 0.1) is 5.52 Å². The Hall–Kier alpha value is -2.36. The molecular formula is C16H18N4. The third-order valence-electron chi connectivity index (χ3n) is 3.52. The summed E-state index contributed by atoms with van der Waals surface area (Å²) < 4.78 is 2.06. The molecule has 3 aromatic rings. The van der Waals surface area contributed by atoms with Gasteiger partial charge in [-0.2, -0.15) is 0 Å². The van der Waals surface area contributed by atoms with E-state index in [1.54, 1.807) is 6.20 Å². The Bertz CT molecular complexity index is 771. The van der Waals surface area contributed by atoms with Crippen molar-refractivity contribution in [3.8, 4) is 11.3 Å². The van der Waals surface area contributed by atoms with E-state index in [0.717, 1.165) is 33.8 Å². The summed E-state index contributed by atoms with van der Waals surface area (Å²) >= 11 is 0. The van der Waals surface area contributed by atoms with Gasteiger partial charge in [-0.25, -0.2) is 4.98 Å². The van der Waals surface area contributed by atoms with E-state index in [2.05, 4.69) is 34.4 Å². The number of rotatable bonds is 2. The number of nitrogens with zero attached hydrogens (tertiary/aromatic N) is 3. The number of pyridine rings is 1. The van der Waals surface area contributed by atoms with Crippen molar-refractivity contribution < 1.29 is 0 Å². The molecule has 0 saturated heterocycles. The van der Waals surface area contributed by atoms with E-state index in [-0.39, 0.29) is 0 Å². The van der Waals surface area contributed by atoms with Crippen LogP contribution >= 0.6 is 0 Å². The zero-order chi connectivity index (χ0) is 14.3. The maximum absolute atomic E-state index is 6.27. The minimum Gasteiger partial charge on any atom is -0.383 e. The van der Waals surface area contributed by atoms with Gasteiger partial charge in [-0.15, -0.1) is 0 Å². The lowest BCUT2D eigenvalue weighted by atomic mass is 10.1. The number of fused-ring (bicyclic) bond motifs is 1. The highest BCUT2D eigenvalue weighted by Crippen LogP contribution is 2.30. The topological polar surface area (TPSA) is 56.7 Å². The Balaban J connectivity index is 2.18. The third kappa shape index (κ3) is 1.93. The molecule has 0 amide bonds. The van der Waals surface area contributed by atoms with Gasteiger partial charge in [0.1, 0.15) is 17.3 Å². The summed E-state index contributed by atoms with van der Waals surface area (Å²) in [7, 11) is 0. The molecule has 0 aliphatic rings. The number of aromatic nitrogens is 3. The van der Waals surface area contributed by atoms with Crippen LogP contribution in [0.15, 0.2) is 36.5 Å². The van der Waals surface area contributed by atoms with Gasteiger partial charge >= 0.3 is 0 Å². The number of anilines is 1. The predicted molar refractivity (Wildman–Crippen MR) is 82.5 cm³/mol. The number of hydrogen-bond donors (Lipinski definition) is 1. The SMILES string of the molecule is Cc1nc(-c2ccc3ncccc3c2)c(N)n1C(C)C. The second-order valence-electron chi connectivity index (χ2n) is 5.27. The molecule has 0 unspecified atom stereocenters. The van der Waals surface area contributed by atoms with Crippen LogP contribution in [0.5, 0.6) is 0 Å². The van der Waals surface area contributed by atoms with Crippen LogP contribution in [0.4, 0.5) is 5.82 Å². The summed E-state index contributed by atoms with van der Waals surface area (Å²) in [6.07, 6.45) is 1.80. The second-order valence-corrected chi connectivity index (χ2v) is 5.27. The Kier molecular flexibility index (Phi) is 2.93. The molecule has 0 fully saturated rings. The highest BCUT2D eigenvalue weighted by atomic mass is 15.2. The van der Waals surface area contributed by atoms with Gasteiger partial charge in [0.2, 0.25) is 0 Å². The fraction of sp³-hybridized carbons (Fsp3) is 0.250. The summed E-state index contributed by atoms with van der Waals surface area (Å²) in [5.41, 5.74) is 9.13. The van der Waals surface area contributed by atoms with Crippen molar-refractivity contribution in [2.24, 2.45) is 0 Å². The zero-order valence-corrected chi connectivity index (χ0v) is 12.0. The number of imidazole rings is 1. The number of benzene rings is 1. The molecule has 0 aliphatic carbocycles. The molecule has 2 heterocycles. The van der Waals surface area contributed by atoms with E-state index in [0.29, 0.717) is 6.04 Å². The van der Waals surface area contributed by atoms with Gasteiger partial charge in [0, 0.05) is 23.2 Å². The summed E-state index contributed by atoms with van der Waals surface area (Å²) in [6, 6.07) is 10.4. The first-order valence-electron chi connectivity index (χ1n) is 6.77. The van der Waals surface area contributed by atoms with Gasteiger partial charge in [0.25, 0.3) is 0 Å². The lowest BCUT2D eigenvalue weighted by Gasteiger charge is -2.11. The van der Waals surface area contributed by atoms with Crippen LogP contribution in [0.1, 0.15) is 25.7 Å². The van der Waals surface area contributed by atoms with Crippen molar-refractivity contribution in [3.63, 3.8) is 0 Å². The Labute approximate surface area is 118 Å². The first-order chi connectivity index (χ1) is 9.58. The quantitative estimate of drug-likeness (QED) is 0.771. The maximum atomic E-state index is 6.27. The van der Waals surface area contributed by atoms with Crippen molar-refractivity contribution in [2.45, 2.75) is 26.8 Å². The molecule has 2 N–H and O–H groups in total. The van der Waals surface area contributed by atoms with Crippen LogP contribution in [-0.4, -0.2) is 14.5 Å². The van der Waals surface area contributed by atoms with Crippen molar-refractivity contribution >= 4 is 16.7 Å². The van der Waals surface area contributed by atoms with Crippen LogP contribution < -0.4 is 5.73 Å². The molecule has 2 aromatic heterocycles. The number of aryl methyl sites for hydroxylation is 1. The average molecular weight is 266 g/mol.